The molecule has 1 aromatic heterocycles. The third-order valence-electron chi connectivity index (χ3n) is 2.54. The van der Waals surface area contributed by atoms with Gasteiger partial charge in [-0.05, 0) is 25.1 Å². The van der Waals surface area contributed by atoms with Gasteiger partial charge in [0.2, 0.25) is 0 Å². The first-order valence-corrected chi connectivity index (χ1v) is 7.54. The van der Waals surface area contributed by atoms with Crippen molar-refractivity contribution in [2.24, 2.45) is 5.10 Å². The Kier molecular flexibility index (Phi) is 5.58. The highest BCUT2D eigenvalue weighted by Crippen LogP contribution is 2.29. The van der Waals surface area contributed by atoms with Gasteiger partial charge in [0, 0.05) is 10.6 Å². The van der Waals surface area contributed by atoms with Gasteiger partial charge in [0.05, 0.1) is 20.8 Å². The molecule has 110 valence electrons. The SMILES string of the molecule is C/C(=N/Nc1nc(Cl)c(Cl)cc1Cl)c1ccc(Cl)cc1Cl. The Hall–Kier alpha value is -0.710. The smallest absolute Gasteiger partial charge is 0.166 e. The summed E-state index contributed by atoms with van der Waals surface area (Å²) < 4.78 is 0. The minimum atomic E-state index is 0.140. The van der Waals surface area contributed by atoms with E-state index in [1.165, 1.54) is 6.07 Å². The van der Waals surface area contributed by atoms with Crippen LogP contribution in [0.15, 0.2) is 29.4 Å². The summed E-state index contributed by atoms with van der Waals surface area (Å²) in [6.07, 6.45) is 0. The number of hydrogen-bond acceptors (Lipinski definition) is 3. The van der Waals surface area contributed by atoms with Gasteiger partial charge in [-0.2, -0.15) is 5.10 Å². The molecule has 0 aliphatic carbocycles. The predicted molar refractivity (Wildman–Crippen MR) is 91.6 cm³/mol. The van der Waals surface area contributed by atoms with Crippen LogP contribution in [0.4, 0.5) is 5.82 Å². The van der Waals surface area contributed by atoms with Gasteiger partial charge in [0.15, 0.2) is 5.82 Å². The van der Waals surface area contributed by atoms with E-state index in [1.54, 1.807) is 25.1 Å². The first kappa shape index (κ1) is 16.7. The molecule has 0 aliphatic rings. The van der Waals surface area contributed by atoms with Crippen LogP contribution in [-0.4, -0.2) is 10.7 Å². The molecule has 0 unspecified atom stereocenters. The molecule has 0 spiro atoms. The molecule has 0 bridgehead atoms. The Bertz CT molecular complexity index is 715. The van der Waals surface area contributed by atoms with E-state index >= 15 is 0 Å². The Balaban J connectivity index is 2.26. The zero-order valence-corrected chi connectivity index (χ0v) is 14.4. The number of hydrazone groups is 1. The van der Waals surface area contributed by atoms with Gasteiger partial charge < -0.3 is 0 Å². The molecule has 1 N–H and O–H groups in total. The topological polar surface area (TPSA) is 37.3 Å². The van der Waals surface area contributed by atoms with Gasteiger partial charge in [-0.1, -0.05) is 64.1 Å². The van der Waals surface area contributed by atoms with Crippen molar-refractivity contribution in [1.82, 2.24) is 4.98 Å². The third kappa shape index (κ3) is 4.15. The number of rotatable bonds is 3. The molecular weight excluding hydrogens is 375 g/mol. The number of hydrogen-bond donors (Lipinski definition) is 1. The summed E-state index contributed by atoms with van der Waals surface area (Å²) in [7, 11) is 0. The summed E-state index contributed by atoms with van der Waals surface area (Å²) >= 11 is 29.6. The molecule has 0 atom stereocenters. The number of pyridine rings is 1. The standard InChI is InChI=1S/C13H8Cl5N3/c1-6(8-3-2-7(14)4-9(8)15)20-21-13-11(17)5-10(16)12(18)19-13/h2-5H,1H3,(H,19,21)/b20-6-. The van der Waals surface area contributed by atoms with Crippen LogP contribution in [0.25, 0.3) is 0 Å². The highest BCUT2D eigenvalue weighted by molar-refractivity contribution is 6.43. The van der Waals surface area contributed by atoms with Gasteiger partial charge in [0.1, 0.15) is 5.15 Å². The Morgan fingerprint density at radius 2 is 1.71 bits per heavy atom. The maximum Gasteiger partial charge on any atom is 0.166 e. The maximum absolute atomic E-state index is 6.11. The van der Waals surface area contributed by atoms with Gasteiger partial charge in [-0.3, -0.25) is 5.43 Å². The first-order valence-electron chi connectivity index (χ1n) is 5.65. The van der Waals surface area contributed by atoms with Crippen LogP contribution in [-0.2, 0) is 0 Å². The van der Waals surface area contributed by atoms with Crippen molar-refractivity contribution in [3.05, 3.63) is 55.1 Å². The lowest BCUT2D eigenvalue weighted by Crippen LogP contribution is -2.02. The molecule has 0 saturated carbocycles. The molecule has 0 amide bonds. The number of halogens is 5. The second-order valence-corrected chi connectivity index (χ2v) is 6.04. The molecule has 1 aromatic carbocycles. The number of nitrogens with zero attached hydrogens (tertiary/aromatic N) is 2. The molecule has 0 aliphatic heterocycles. The van der Waals surface area contributed by atoms with Gasteiger partial charge >= 0.3 is 0 Å². The number of anilines is 1. The normalized spacial score (nSPS) is 11.6. The van der Waals surface area contributed by atoms with E-state index in [9.17, 15) is 0 Å². The van der Waals surface area contributed by atoms with Crippen LogP contribution in [0, 0.1) is 0 Å². The van der Waals surface area contributed by atoms with Gasteiger partial charge in [-0.15, -0.1) is 0 Å². The summed E-state index contributed by atoms with van der Waals surface area (Å²) in [5, 5.41) is 5.95. The van der Waals surface area contributed by atoms with Crippen molar-refractivity contribution >= 4 is 69.5 Å². The average molecular weight is 383 g/mol. The lowest BCUT2D eigenvalue weighted by Gasteiger charge is -2.07. The molecule has 21 heavy (non-hydrogen) atoms. The first-order chi connectivity index (χ1) is 9.88. The van der Waals surface area contributed by atoms with E-state index in [4.69, 9.17) is 58.0 Å². The monoisotopic (exact) mass is 381 g/mol. The summed E-state index contributed by atoms with van der Waals surface area (Å²) in [4.78, 5) is 4.00. The molecule has 1 heterocycles. The van der Waals surface area contributed by atoms with Crippen LogP contribution in [0.3, 0.4) is 0 Å². The van der Waals surface area contributed by atoms with Crippen molar-refractivity contribution in [1.29, 1.82) is 0 Å². The van der Waals surface area contributed by atoms with Crippen molar-refractivity contribution in [2.45, 2.75) is 6.92 Å². The zero-order chi connectivity index (χ0) is 15.6. The number of benzene rings is 1. The molecule has 2 rings (SSSR count). The highest BCUT2D eigenvalue weighted by atomic mass is 35.5. The second kappa shape index (κ2) is 7.03. The molecule has 0 saturated heterocycles. The fraction of sp³-hybridized carbons (Fsp3) is 0.0769. The van der Waals surface area contributed by atoms with Crippen LogP contribution in [0.2, 0.25) is 25.2 Å². The Labute approximate surface area is 146 Å². The molecule has 3 nitrogen and oxygen atoms in total. The highest BCUT2D eigenvalue weighted by Gasteiger charge is 2.08. The van der Waals surface area contributed by atoms with Crippen LogP contribution in [0.5, 0.6) is 0 Å². The van der Waals surface area contributed by atoms with E-state index in [0.717, 1.165) is 5.56 Å². The van der Waals surface area contributed by atoms with E-state index in [1.807, 2.05) is 0 Å². The minimum Gasteiger partial charge on any atom is -0.260 e. The fourth-order valence-electron chi connectivity index (χ4n) is 1.50. The van der Waals surface area contributed by atoms with Gasteiger partial charge in [-0.25, -0.2) is 4.98 Å². The number of nitrogens with one attached hydrogen (secondary N) is 1. The summed E-state index contributed by atoms with van der Waals surface area (Å²) in [6.45, 7) is 1.79. The minimum absolute atomic E-state index is 0.140. The van der Waals surface area contributed by atoms with Crippen molar-refractivity contribution in [2.75, 3.05) is 5.43 Å². The molecule has 0 radical (unpaired) electrons. The second-order valence-electron chi connectivity index (χ2n) is 4.02. The van der Waals surface area contributed by atoms with E-state index in [2.05, 4.69) is 15.5 Å². The van der Waals surface area contributed by atoms with Crippen molar-refractivity contribution in [3.8, 4) is 0 Å². The van der Waals surface area contributed by atoms with Crippen LogP contribution < -0.4 is 5.43 Å². The third-order valence-corrected chi connectivity index (χ3v) is 4.05. The number of aromatic nitrogens is 1. The van der Waals surface area contributed by atoms with E-state index in [-0.39, 0.29) is 10.2 Å². The fourth-order valence-corrected chi connectivity index (χ4v) is 2.59. The van der Waals surface area contributed by atoms with E-state index in [0.29, 0.717) is 26.6 Å². The molecule has 2 aromatic rings. The Morgan fingerprint density at radius 3 is 2.38 bits per heavy atom. The zero-order valence-electron chi connectivity index (χ0n) is 10.6. The van der Waals surface area contributed by atoms with Crippen LogP contribution in [0.1, 0.15) is 12.5 Å². The summed E-state index contributed by atoms with van der Waals surface area (Å²) in [5.41, 5.74) is 4.11. The average Bonchev–Trinajstić information content (AvgIpc) is 2.41. The Morgan fingerprint density at radius 1 is 1.00 bits per heavy atom. The van der Waals surface area contributed by atoms with Crippen molar-refractivity contribution < 1.29 is 0 Å². The van der Waals surface area contributed by atoms with Gasteiger partial charge in [0.25, 0.3) is 0 Å². The molecule has 8 heteroatoms. The van der Waals surface area contributed by atoms with Crippen molar-refractivity contribution in [3.63, 3.8) is 0 Å². The quantitative estimate of drug-likeness (QED) is 0.390. The van der Waals surface area contributed by atoms with Crippen LogP contribution >= 0.6 is 58.0 Å². The largest absolute Gasteiger partial charge is 0.260 e. The molecule has 0 fully saturated rings. The lowest BCUT2D eigenvalue weighted by molar-refractivity contribution is 1.22. The predicted octanol–water partition coefficient (Wildman–Crippen LogP) is 6.18. The lowest BCUT2D eigenvalue weighted by atomic mass is 10.1. The summed E-state index contributed by atoms with van der Waals surface area (Å²) in [5.74, 6) is 0.301. The molecular formula is C13H8Cl5N3. The van der Waals surface area contributed by atoms with E-state index < -0.39 is 0 Å². The maximum atomic E-state index is 6.11. The summed E-state index contributed by atoms with van der Waals surface area (Å²) in [6, 6.07) is 6.63.